The number of nitrogens with one attached hydrogen (secondary N) is 2. The van der Waals surface area contributed by atoms with E-state index in [2.05, 4.69) is 25.5 Å². The summed E-state index contributed by atoms with van der Waals surface area (Å²) < 4.78 is 0. The number of benzene rings is 1. The lowest BCUT2D eigenvalue weighted by molar-refractivity contribution is 0.102. The molecule has 0 radical (unpaired) electrons. The van der Waals surface area contributed by atoms with Gasteiger partial charge in [0.1, 0.15) is 17.8 Å². The Balaban J connectivity index is 2.02. The lowest BCUT2D eigenvalue weighted by Crippen LogP contribution is -2.21. The van der Waals surface area contributed by atoms with Gasteiger partial charge in [-0.1, -0.05) is 23.7 Å². The van der Waals surface area contributed by atoms with Crippen molar-refractivity contribution >= 4 is 29.0 Å². The molecular weight excluding hydrogens is 302 g/mol. The van der Waals surface area contributed by atoms with Gasteiger partial charge in [-0.05, 0) is 26.2 Å². The molecule has 1 aromatic carbocycles. The van der Waals surface area contributed by atoms with E-state index < -0.39 is 0 Å². The first-order valence-electron chi connectivity index (χ1n) is 6.83. The Morgan fingerprint density at radius 3 is 2.77 bits per heavy atom. The van der Waals surface area contributed by atoms with E-state index in [0.29, 0.717) is 16.5 Å². The molecule has 2 rings (SSSR count). The lowest BCUT2D eigenvalue weighted by atomic mass is 10.3. The highest BCUT2D eigenvalue weighted by Crippen LogP contribution is 2.21. The largest absolute Gasteiger partial charge is 0.369 e. The molecule has 0 aliphatic rings. The maximum absolute atomic E-state index is 12.2. The van der Waals surface area contributed by atoms with Crippen LogP contribution >= 0.6 is 11.6 Å². The van der Waals surface area contributed by atoms with E-state index in [9.17, 15) is 4.79 Å². The van der Waals surface area contributed by atoms with Crippen LogP contribution in [0.25, 0.3) is 0 Å². The Labute approximate surface area is 134 Å². The van der Waals surface area contributed by atoms with Gasteiger partial charge in [0.25, 0.3) is 5.91 Å². The first-order valence-corrected chi connectivity index (χ1v) is 7.20. The zero-order valence-corrected chi connectivity index (χ0v) is 13.3. The summed E-state index contributed by atoms with van der Waals surface area (Å²) in [6.07, 6.45) is 1.36. The lowest BCUT2D eigenvalue weighted by Gasteiger charge is -2.11. The number of amides is 1. The third-order valence-electron chi connectivity index (χ3n) is 2.89. The maximum atomic E-state index is 12.2. The van der Waals surface area contributed by atoms with Crippen LogP contribution in [0.2, 0.25) is 5.02 Å². The molecule has 7 heteroatoms. The maximum Gasteiger partial charge on any atom is 0.274 e. The Morgan fingerprint density at radius 1 is 1.27 bits per heavy atom. The van der Waals surface area contributed by atoms with E-state index in [4.69, 9.17) is 11.6 Å². The van der Waals surface area contributed by atoms with Gasteiger partial charge in [-0.3, -0.25) is 4.79 Å². The molecule has 0 aliphatic carbocycles. The van der Waals surface area contributed by atoms with Gasteiger partial charge in [-0.25, -0.2) is 9.97 Å². The number of halogens is 1. The number of anilines is 2. The van der Waals surface area contributed by atoms with Crippen LogP contribution in [0.5, 0.6) is 0 Å². The molecule has 1 amide bonds. The first-order chi connectivity index (χ1) is 10.6. The van der Waals surface area contributed by atoms with Crippen molar-refractivity contribution in [2.24, 2.45) is 0 Å². The van der Waals surface area contributed by atoms with Crippen LogP contribution in [0.3, 0.4) is 0 Å². The molecule has 1 heterocycles. The smallest absolute Gasteiger partial charge is 0.274 e. The summed E-state index contributed by atoms with van der Waals surface area (Å²) in [7, 11) is 3.98. The summed E-state index contributed by atoms with van der Waals surface area (Å²) in [5.74, 6) is 0.285. The van der Waals surface area contributed by atoms with Crippen molar-refractivity contribution in [1.29, 1.82) is 0 Å². The molecule has 2 aromatic rings. The highest BCUT2D eigenvalue weighted by atomic mass is 35.5. The van der Waals surface area contributed by atoms with Crippen LogP contribution in [-0.2, 0) is 0 Å². The molecule has 0 atom stereocenters. The molecule has 2 N–H and O–H groups in total. The van der Waals surface area contributed by atoms with Gasteiger partial charge >= 0.3 is 0 Å². The molecule has 0 saturated carbocycles. The van der Waals surface area contributed by atoms with Gasteiger partial charge in [0.2, 0.25) is 0 Å². The zero-order valence-electron chi connectivity index (χ0n) is 12.5. The van der Waals surface area contributed by atoms with Crippen LogP contribution in [0.15, 0.2) is 36.7 Å². The quantitative estimate of drug-likeness (QED) is 0.855. The third-order valence-corrected chi connectivity index (χ3v) is 3.22. The van der Waals surface area contributed by atoms with Crippen molar-refractivity contribution in [2.75, 3.05) is 37.8 Å². The minimum atomic E-state index is -0.328. The standard InChI is InChI=1S/C15H18ClN5O/c1-21(2)8-7-17-14-9-13(18-10-19-14)15(22)20-12-6-4-3-5-11(12)16/h3-6,9-10H,7-8H2,1-2H3,(H,20,22)(H,17,18,19). The molecule has 0 fully saturated rings. The van der Waals surface area contributed by atoms with Gasteiger partial charge in [-0.15, -0.1) is 0 Å². The molecule has 22 heavy (non-hydrogen) atoms. The first kappa shape index (κ1) is 16.2. The van der Waals surface area contributed by atoms with E-state index >= 15 is 0 Å². The average molecular weight is 320 g/mol. The topological polar surface area (TPSA) is 70.2 Å². The van der Waals surface area contributed by atoms with Crippen molar-refractivity contribution in [1.82, 2.24) is 14.9 Å². The van der Waals surface area contributed by atoms with E-state index in [1.807, 2.05) is 14.1 Å². The Kier molecular flexibility index (Phi) is 5.68. The van der Waals surface area contributed by atoms with Crippen molar-refractivity contribution in [3.8, 4) is 0 Å². The van der Waals surface area contributed by atoms with Crippen LogP contribution in [0, 0.1) is 0 Å². The van der Waals surface area contributed by atoms with E-state index in [-0.39, 0.29) is 11.6 Å². The van der Waals surface area contributed by atoms with E-state index in [1.165, 1.54) is 6.33 Å². The molecule has 1 aromatic heterocycles. The van der Waals surface area contributed by atoms with Gasteiger partial charge < -0.3 is 15.5 Å². The summed E-state index contributed by atoms with van der Waals surface area (Å²) in [5, 5.41) is 6.36. The van der Waals surface area contributed by atoms with Crippen molar-refractivity contribution < 1.29 is 4.79 Å². The second-order valence-electron chi connectivity index (χ2n) is 4.95. The Hall–Kier alpha value is -2.18. The van der Waals surface area contributed by atoms with Gasteiger partial charge in [-0.2, -0.15) is 0 Å². The minimum Gasteiger partial charge on any atom is -0.369 e. The fraction of sp³-hybridized carbons (Fsp3) is 0.267. The number of carbonyl (C=O) groups excluding carboxylic acids is 1. The Morgan fingerprint density at radius 2 is 2.05 bits per heavy atom. The predicted octanol–water partition coefficient (Wildman–Crippen LogP) is 2.36. The summed E-state index contributed by atoms with van der Waals surface area (Å²) >= 11 is 6.02. The molecule has 0 unspecified atom stereocenters. The number of nitrogens with zero attached hydrogens (tertiary/aromatic N) is 3. The Bertz CT molecular complexity index is 647. The van der Waals surface area contributed by atoms with Crippen LogP contribution in [0.1, 0.15) is 10.5 Å². The fourth-order valence-corrected chi connectivity index (χ4v) is 1.92. The minimum absolute atomic E-state index is 0.280. The number of carbonyl (C=O) groups is 1. The summed E-state index contributed by atoms with van der Waals surface area (Å²) in [4.78, 5) is 22.3. The monoisotopic (exact) mass is 319 g/mol. The highest BCUT2D eigenvalue weighted by molar-refractivity contribution is 6.33. The van der Waals surface area contributed by atoms with Gasteiger partial charge in [0, 0.05) is 19.2 Å². The summed E-state index contributed by atoms with van der Waals surface area (Å²) in [6, 6.07) is 8.66. The number of aromatic nitrogens is 2. The van der Waals surface area contributed by atoms with E-state index in [1.54, 1.807) is 30.3 Å². The third kappa shape index (κ3) is 4.68. The van der Waals surface area contributed by atoms with Crippen molar-refractivity contribution in [2.45, 2.75) is 0 Å². The molecule has 0 aliphatic heterocycles. The molecule has 116 valence electrons. The summed E-state index contributed by atoms with van der Waals surface area (Å²) in [5.41, 5.74) is 0.831. The number of hydrogen-bond acceptors (Lipinski definition) is 5. The second kappa shape index (κ2) is 7.72. The summed E-state index contributed by atoms with van der Waals surface area (Å²) in [6.45, 7) is 1.60. The van der Waals surface area contributed by atoms with Gasteiger partial charge in [0.15, 0.2) is 0 Å². The second-order valence-corrected chi connectivity index (χ2v) is 5.36. The molecule has 0 spiro atoms. The van der Waals surface area contributed by atoms with E-state index in [0.717, 1.165) is 13.1 Å². The van der Waals surface area contributed by atoms with Crippen LogP contribution in [0.4, 0.5) is 11.5 Å². The van der Waals surface area contributed by atoms with Crippen LogP contribution in [-0.4, -0.2) is 48.0 Å². The molecule has 0 saturated heterocycles. The molecule has 0 bridgehead atoms. The number of para-hydroxylation sites is 1. The normalized spacial score (nSPS) is 10.5. The predicted molar refractivity (Wildman–Crippen MR) is 88.5 cm³/mol. The van der Waals surface area contributed by atoms with Crippen molar-refractivity contribution in [3.05, 3.63) is 47.4 Å². The van der Waals surface area contributed by atoms with Crippen molar-refractivity contribution in [3.63, 3.8) is 0 Å². The average Bonchev–Trinajstić information content (AvgIpc) is 2.49. The molecular formula is C15H18ClN5O. The zero-order chi connectivity index (χ0) is 15.9. The molecule has 6 nitrogen and oxygen atoms in total. The fourth-order valence-electron chi connectivity index (χ4n) is 1.73. The van der Waals surface area contributed by atoms with Crippen LogP contribution < -0.4 is 10.6 Å². The SMILES string of the molecule is CN(C)CCNc1cc(C(=O)Nc2ccccc2Cl)ncn1. The highest BCUT2D eigenvalue weighted by Gasteiger charge is 2.10. The number of rotatable bonds is 6. The van der Waals surface area contributed by atoms with Gasteiger partial charge in [0.05, 0.1) is 10.7 Å². The number of likely N-dealkylation sites (N-methyl/N-ethyl adjacent to an activating group) is 1. The number of hydrogen-bond donors (Lipinski definition) is 2.